The van der Waals surface area contributed by atoms with Crippen LogP contribution in [0.4, 0.5) is 0 Å². The van der Waals surface area contributed by atoms with Gasteiger partial charge in [-0.05, 0) is 107 Å². The summed E-state index contributed by atoms with van der Waals surface area (Å²) < 4.78 is 0. The van der Waals surface area contributed by atoms with E-state index >= 15 is 0 Å². The maximum atomic E-state index is 13.8. The summed E-state index contributed by atoms with van der Waals surface area (Å²) in [6.45, 7) is 13.0. The third-order valence-corrected chi connectivity index (χ3v) is 10.1. The van der Waals surface area contributed by atoms with Gasteiger partial charge in [-0.15, -0.1) is 0 Å². The van der Waals surface area contributed by atoms with E-state index in [1.54, 1.807) is 0 Å². The van der Waals surface area contributed by atoms with Crippen LogP contribution in [-0.4, -0.2) is 39.9 Å². The number of hydrogen-bond acceptors (Lipinski definition) is 3. The van der Waals surface area contributed by atoms with Crippen LogP contribution in [0.15, 0.2) is 22.8 Å². The fourth-order valence-corrected chi connectivity index (χ4v) is 8.66. The molecule has 0 spiro atoms. The van der Waals surface area contributed by atoms with E-state index in [9.17, 15) is 19.5 Å². The second-order valence-corrected chi connectivity index (χ2v) is 12.3. The van der Waals surface area contributed by atoms with Crippen molar-refractivity contribution in [2.24, 2.45) is 40.2 Å². The van der Waals surface area contributed by atoms with Gasteiger partial charge in [0, 0.05) is 18.0 Å². The Labute approximate surface area is 204 Å². The molecule has 0 radical (unpaired) electrons. The third kappa shape index (κ3) is 3.54. The quantitative estimate of drug-likeness (QED) is 0.609. The molecule has 34 heavy (non-hydrogen) atoms. The minimum Gasteiger partial charge on any atom is -0.478 e. The fourth-order valence-electron chi connectivity index (χ4n) is 8.66. The van der Waals surface area contributed by atoms with E-state index in [1.165, 1.54) is 0 Å². The van der Waals surface area contributed by atoms with E-state index < -0.39 is 11.9 Å². The first kappa shape index (κ1) is 25.0. The van der Waals surface area contributed by atoms with Crippen LogP contribution in [0.5, 0.6) is 0 Å². The van der Waals surface area contributed by atoms with Gasteiger partial charge in [-0.3, -0.25) is 9.59 Å². The Balaban J connectivity index is 1.68. The van der Waals surface area contributed by atoms with Crippen molar-refractivity contribution in [1.29, 1.82) is 0 Å². The smallest absolute Gasteiger partial charge is 0.332 e. The number of carboxylic acid groups (broad SMARTS) is 1. The standard InChI is InChI=1S/C28H42N2O4/c1-15(2)30(16(3)4)25(32)22-10-9-19-17-7-8-21-23(24(29)31)18(26(33)34)11-13-27(21,5)20(17)12-14-28(19,22)6/h8,15-17,19-20,22H,7,9-14H2,1-6H3,(H2,29,31)(H,33,34)/t17-,19-,20+,22?,27+,28-/m0/s1. The summed E-state index contributed by atoms with van der Waals surface area (Å²) in [6, 6.07) is 0.380. The van der Waals surface area contributed by atoms with Crippen LogP contribution in [-0.2, 0) is 14.4 Å². The lowest BCUT2D eigenvalue weighted by atomic mass is 9.47. The number of carbonyl (C=O) groups is 3. The number of primary amides is 1. The zero-order valence-electron chi connectivity index (χ0n) is 21.7. The summed E-state index contributed by atoms with van der Waals surface area (Å²) in [7, 11) is 0. The molecule has 0 bridgehead atoms. The molecule has 6 nitrogen and oxygen atoms in total. The summed E-state index contributed by atoms with van der Waals surface area (Å²) in [5.41, 5.74) is 6.76. The molecule has 2 fully saturated rings. The Bertz CT molecular complexity index is 955. The molecule has 6 heteroatoms. The number of fused-ring (bicyclic) bond motifs is 5. The molecule has 0 aromatic carbocycles. The number of nitrogens with zero attached hydrogens (tertiary/aromatic N) is 1. The van der Waals surface area contributed by atoms with Crippen molar-refractivity contribution in [2.45, 2.75) is 98.6 Å². The van der Waals surface area contributed by atoms with Gasteiger partial charge in [0.05, 0.1) is 11.1 Å². The average molecular weight is 471 g/mol. The number of carboxylic acids is 1. The summed E-state index contributed by atoms with van der Waals surface area (Å²) in [4.78, 5) is 40.0. The van der Waals surface area contributed by atoms with Crippen molar-refractivity contribution in [3.63, 3.8) is 0 Å². The van der Waals surface area contributed by atoms with E-state index in [2.05, 4.69) is 52.5 Å². The van der Waals surface area contributed by atoms with Crippen molar-refractivity contribution < 1.29 is 19.5 Å². The van der Waals surface area contributed by atoms with Crippen LogP contribution in [0.2, 0.25) is 0 Å². The van der Waals surface area contributed by atoms with E-state index in [-0.39, 0.29) is 40.0 Å². The molecule has 1 unspecified atom stereocenters. The Morgan fingerprint density at radius 2 is 1.68 bits per heavy atom. The molecule has 0 heterocycles. The minimum atomic E-state index is -1.04. The maximum Gasteiger partial charge on any atom is 0.332 e. The number of hydrogen-bond donors (Lipinski definition) is 2. The summed E-state index contributed by atoms with van der Waals surface area (Å²) in [6.07, 6.45) is 8.09. The van der Waals surface area contributed by atoms with Crippen LogP contribution in [0.1, 0.15) is 86.5 Å². The van der Waals surface area contributed by atoms with Crippen LogP contribution in [0.3, 0.4) is 0 Å². The van der Waals surface area contributed by atoms with Crippen molar-refractivity contribution in [1.82, 2.24) is 4.90 Å². The van der Waals surface area contributed by atoms with Crippen molar-refractivity contribution >= 4 is 17.8 Å². The predicted octanol–water partition coefficient (Wildman–Crippen LogP) is 4.69. The van der Waals surface area contributed by atoms with Gasteiger partial charge in [0.25, 0.3) is 0 Å². The highest BCUT2D eigenvalue weighted by atomic mass is 16.4. The van der Waals surface area contributed by atoms with Crippen LogP contribution in [0.25, 0.3) is 0 Å². The fraction of sp³-hybridized carbons (Fsp3) is 0.750. The molecule has 0 aromatic heterocycles. The molecule has 0 aromatic rings. The van der Waals surface area contributed by atoms with Gasteiger partial charge in [-0.25, -0.2) is 4.79 Å². The molecule has 188 valence electrons. The molecular weight excluding hydrogens is 428 g/mol. The van der Waals surface area contributed by atoms with Gasteiger partial charge in [0.1, 0.15) is 0 Å². The van der Waals surface area contributed by atoms with Gasteiger partial charge in [-0.2, -0.15) is 0 Å². The van der Waals surface area contributed by atoms with E-state index in [1.807, 2.05) is 0 Å². The Morgan fingerprint density at radius 1 is 1.03 bits per heavy atom. The molecular formula is C28H42N2O4. The van der Waals surface area contributed by atoms with Crippen LogP contribution < -0.4 is 5.73 Å². The lowest BCUT2D eigenvalue weighted by Crippen LogP contribution is -2.53. The Morgan fingerprint density at radius 3 is 2.24 bits per heavy atom. The first-order valence-corrected chi connectivity index (χ1v) is 13.1. The summed E-state index contributed by atoms with van der Waals surface area (Å²) in [5, 5.41) is 9.70. The van der Waals surface area contributed by atoms with Crippen LogP contribution >= 0.6 is 0 Å². The lowest BCUT2D eigenvalue weighted by Gasteiger charge is -2.57. The SMILES string of the molecule is CC(C)N(C(=O)C1CC[C@H]2[C@@H]3CC=C4C(C(N)=O)=C(C(=O)O)CC[C@]4(C)[C@@H]3CC[C@]12C)C(C)C. The number of nitrogens with two attached hydrogens (primary N) is 1. The highest BCUT2D eigenvalue weighted by molar-refractivity contribution is 6.05. The predicted molar refractivity (Wildman–Crippen MR) is 132 cm³/mol. The maximum absolute atomic E-state index is 13.8. The molecule has 6 atom stereocenters. The highest BCUT2D eigenvalue weighted by Crippen LogP contribution is 2.66. The largest absolute Gasteiger partial charge is 0.478 e. The number of aliphatic carboxylic acids is 1. The third-order valence-electron chi connectivity index (χ3n) is 10.1. The molecule has 0 saturated heterocycles. The second-order valence-electron chi connectivity index (χ2n) is 12.3. The van der Waals surface area contributed by atoms with Crippen molar-refractivity contribution in [3.8, 4) is 0 Å². The normalized spacial score (nSPS) is 37.1. The monoisotopic (exact) mass is 470 g/mol. The van der Waals surface area contributed by atoms with E-state index in [0.29, 0.717) is 30.1 Å². The Kier molecular flexibility index (Phi) is 6.27. The molecule has 4 rings (SSSR count). The molecule has 2 amide bonds. The highest BCUT2D eigenvalue weighted by Gasteiger charge is 2.61. The van der Waals surface area contributed by atoms with Gasteiger partial charge >= 0.3 is 5.97 Å². The topological polar surface area (TPSA) is 101 Å². The number of amides is 2. The first-order valence-electron chi connectivity index (χ1n) is 13.1. The number of allylic oxidation sites excluding steroid dienone is 1. The van der Waals surface area contributed by atoms with Crippen molar-refractivity contribution in [3.05, 3.63) is 22.8 Å². The molecule has 4 aliphatic rings. The van der Waals surface area contributed by atoms with E-state index in [0.717, 1.165) is 44.1 Å². The molecule has 4 aliphatic carbocycles. The first-order chi connectivity index (χ1) is 15.8. The van der Waals surface area contributed by atoms with Crippen molar-refractivity contribution in [2.75, 3.05) is 0 Å². The Hall–Kier alpha value is -2.11. The summed E-state index contributed by atoms with van der Waals surface area (Å²) in [5.74, 6) is 0.0299. The summed E-state index contributed by atoms with van der Waals surface area (Å²) >= 11 is 0. The molecule has 3 N–H and O–H groups in total. The average Bonchev–Trinajstić information content (AvgIpc) is 3.08. The molecule has 0 aliphatic heterocycles. The number of rotatable bonds is 5. The van der Waals surface area contributed by atoms with Gasteiger partial charge in [-0.1, -0.05) is 19.9 Å². The van der Waals surface area contributed by atoms with Gasteiger partial charge in [0.2, 0.25) is 11.8 Å². The van der Waals surface area contributed by atoms with Gasteiger partial charge in [0.15, 0.2) is 0 Å². The zero-order valence-corrected chi connectivity index (χ0v) is 21.7. The molecule has 2 saturated carbocycles. The van der Waals surface area contributed by atoms with Gasteiger partial charge < -0.3 is 15.7 Å². The lowest BCUT2D eigenvalue weighted by molar-refractivity contribution is -0.146. The van der Waals surface area contributed by atoms with Crippen LogP contribution in [0, 0.1) is 34.5 Å². The minimum absolute atomic E-state index is 0.00870. The zero-order chi connectivity index (χ0) is 25.2. The number of carbonyl (C=O) groups excluding carboxylic acids is 2. The van der Waals surface area contributed by atoms with E-state index in [4.69, 9.17) is 5.73 Å². The second kappa shape index (κ2) is 8.53.